The summed E-state index contributed by atoms with van der Waals surface area (Å²) in [5.41, 5.74) is 7.40. The van der Waals surface area contributed by atoms with Crippen molar-refractivity contribution in [2.45, 2.75) is 90.6 Å². The van der Waals surface area contributed by atoms with Crippen molar-refractivity contribution in [2.75, 3.05) is 20.1 Å². The third-order valence-electron chi connectivity index (χ3n) is 7.96. The van der Waals surface area contributed by atoms with Crippen LogP contribution in [0, 0.1) is 17.2 Å². The molecule has 49 heavy (non-hydrogen) atoms. The highest BCUT2D eigenvalue weighted by Crippen LogP contribution is 2.14. The summed E-state index contributed by atoms with van der Waals surface area (Å²) in [5, 5.41) is 29.7. The summed E-state index contributed by atoms with van der Waals surface area (Å²) < 4.78 is 5.33. The van der Waals surface area contributed by atoms with Crippen molar-refractivity contribution in [2.24, 2.45) is 17.6 Å². The van der Waals surface area contributed by atoms with E-state index in [2.05, 4.69) is 21.3 Å². The van der Waals surface area contributed by atoms with Gasteiger partial charge in [0.2, 0.25) is 17.7 Å². The van der Waals surface area contributed by atoms with E-state index in [1.807, 2.05) is 74.5 Å². The lowest BCUT2D eigenvalue weighted by Gasteiger charge is -2.30. The van der Waals surface area contributed by atoms with Gasteiger partial charge in [-0.3, -0.25) is 19.8 Å². The van der Waals surface area contributed by atoms with Crippen molar-refractivity contribution < 1.29 is 29.0 Å². The number of aliphatic hydroxyl groups excluding tert-OH is 1. The van der Waals surface area contributed by atoms with Crippen LogP contribution in [0.4, 0.5) is 4.79 Å². The molecule has 4 amide bonds. The number of rotatable bonds is 20. The molecule has 2 aromatic rings. The number of nitrogens with zero attached hydrogens (tertiary/aromatic N) is 1. The first-order chi connectivity index (χ1) is 23.3. The fourth-order valence-corrected chi connectivity index (χ4v) is 5.11. The van der Waals surface area contributed by atoms with E-state index in [0.29, 0.717) is 32.4 Å². The van der Waals surface area contributed by atoms with Crippen molar-refractivity contribution in [1.82, 2.24) is 26.2 Å². The van der Waals surface area contributed by atoms with Gasteiger partial charge in [0.1, 0.15) is 18.7 Å². The maximum absolute atomic E-state index is 13.6. The summed E-state index contributed by atoms with van der Waals surface area (Å²) in [6.07, 6.45) is -0.499. The van der Waals surface area contributed by atoms with E-state index in [4.69, 9.17) is 15.9 Å². The molecule has 4 atom stereocenters. The molecule has 0 aromatic heterocycles. The molecule has 8 N–H and O–H groups in total. The summed E-state index contributed by atoms with van der Waals surface area (Å²) in [6, 6.07) is 16.1. The Morgan fingerprint density at radius 2 is 1.51 bits per heavy atom. The number of hydrogen-bond donors (Lipinski definition) is 7. The molecule has 13 nitrogen and oxygen atoms in total. The van der Waals surface area contributed by atoms with Crippen molar-refractivity contribution in [3.8, 4) is 0 Å². The van der Waals surface area contributed by atoms with Gasteiger partial charge in [-0.1, -0.05) is 88.4 Å². The minimum Gasteiger partial charge on any atom is -0.445 e. The van der Waals surface area contributed by atoms with Gasteiger partial charge in [-0.15, -0.1) is 0 Å². The second kappa shape index (κ2) is 21.3. The molecular weight excluding hydrogens is 626 g/mol. The normalized spacial score (nSPS) is 13.5. The summed E-state index contributed by atoms with van der Waals surface area (Å²) in [4.78, 5) is 54.1. The molecule has 13 heteroatoms. The zero-order chi connectivity index (χ0) is 36.3. The van der Waals surface area contributed by atoms with E-state index in [1.165, 1.54) is 4.90 Å². The maximum Gasteiger partial charge on any atom is 0.408 e. The van der Waals surface area contributed by atoms with Crippen molar-refractivity contribution in [3.05, 3.63) is 71.8 Å². The van der Waals surface area contributed by atoms with Crippen LogP contribution in [0.15, 0.2) is 60.7 Å². The molecule has 2 rings (SSSR count). The minimum absolute atomic E-state index is 0.00965. The van der Waals surface area contributed by atoms with Crippen molar-refractivity contribution in [1.29, 1.82) is 5.41 Å². The van der Waals surface area contributed by atoms with Crippen LogP contribution in [0.2, 0.25) is 0 Å². The first kappa shape index (κ1) is 40.5. The molecule has 0 spiro atoms. The molecule has 0 bridgehead atoms. The second-order valence-corrected chi connectivity index (χ2v) is 13.0. The Kier molecular flexibility index (Phi) is 17.7. The monoisotopic (exact) mass is 681 g/mol. The third kappa shape index (κ3) is 15.9. The van der Waals surface area contributed by atoms with E-state index in [-0.39, 0.29) is 43.2 Å². The molecule has 0 heterocycles. The summed E-state index contributed by atoms with van der Waals surface area (Å²) in [5.74, 6) is -1.82. The average molecular weight is 682 g/mol. The van der Waals surface area contributed by atoms with Crippen LogP contribution in [0.25, 0.3) is 0 Å². The fraction of sp³-hybridized carbons (Fsp3) is 0.528. The number of amides is 4. The maximum atomic E-state index is 13.6. The van der Waals surface area contributed by atoms with Crippen LogP contribution >= 0.6 is 0 Å². The van der Waals surface area contributed by atoms with Gasteiger partial charge in [0, 0.05) is 20.1 Å². The highest BCUT2D eigenvalue weighted by molar-refractivity contribution is 5.91. The highest BCUT2D eigenvalue weighted by atomic mass is 16.5. The van der Waals surface area contributed by atoms with Gasteiger partial charge in [-0.05, 0) is 48.6 Å². The molecule has 0 aliphatic rings. The molecule has 2 aromatic carbocycles. The van der Waals surface area contributed by atoms with Gasteiger partial charge in [-0.2, -0.15) is 0 Å². The smallest absolute Gasteiger partial charge is 0.408 e. The fourth-order valence-electron chi connectivity index (χ4n) is 5.11. The quantitative estimate of drug-likeness (QED) is 0.0817. The van der Waals surface area contributed by atoms with Crippen LogP contribution in [0.5, 0.6) is 0 Å². The Hall–Kier alpha value is -4.65. The van der Waals surface area contributed by atoms with E-state index in [1.54, 1.807) is 20.9 Å². The Morgan fingerprint density at radius 1 is 0.898 bits per heavy atom. The Labute approximate surface area is 290 Å². The van der Waals surface area contributed by atoms with Gasteiger partial charge in [0.15, 0.2) is 5.96 Å². The zero-order valence-electron chi connectivity index (χ0n) is 29.4. The molecule has 0 aliphatic heterocycles. The van der Waals surface area contributed by atoms with Gasteiger partial charge < -0.3 is 41.7 Å². The standard InChI is InChI=1S/C36H55N7O6/c1-24(2)21-29(30(44)22-31(45)39-19-18-26-13-8-6-9-14-26)40-34(47)32(25(3)4)42-33(46)28(17-12-20-43(5)35(37)38)41-36(48)49-23-27-15-10-7-11-16-27/h6-11,13-16,24-25,28-30,32,44H,12,17-23H2,1-5H3,(H3,37,38)(H,39,45)(H,40,47)(H,41,48)(H,42,46)/t28-,29-,30-,32-/m0/s1. The van der Waals surface area contributed by atoms with Gasteiger partial charge in [-0.25, -0.2) is 4.79 Å². The SMILES string of the molecule is CC(C)C[C@H](NC(=O)[C@@H](NC(=O)[C@H](CCCN(C)C(=N)N)NC(=O)OCc1ccccc1)C(C)C)[C@@H](O)CC(=O)NCCc1ccccc1. The first-order valence-corrected chi connectivity index (χ1v) is 16.9. The Balaban J connectivity index is 2.07. The van der Waals surface area contributed by atoms with Crippen LogP contribution in [-0.2, 0) is 32.1 Å². The predicted molar refractivity (Wildman–Crippen MR) is 189 cm³/mol. The molecule has 0 saturated carbocycles. The molecular formula is C36H55N7O6. The predicted octanol–water partition coefficient (Wildman–Crippen LogP) is 2.67. The van der Waals surface area contributed by atoms with E-state index >= 15 is 0 Å². The van der Waals surface area contributed by atoms with E-state index in [9.17, 15) is 24.3 Å². The Bertz CT molecular complexity index is 1330. The zero-order valence-corrected chi connectivity index (χ0v) is 29.4. The first-order valence-electron chi connectivity index (χ1n) is 16.9. The molecule has 270 valence electrons. The number of aliphatic hydroxyl groups is 1. The largest absolute Gasteiger partial charge is 0.445 e. The van der Waals surface area contributed by atoms with E-state index < -0.39 is 42.1 Å². The highest BCUT2D eigenvalue weighted by Gasteiger charge is 2.32. The number of nitrogens with one attached hydrogen (secondary N) is 5. The third-order valence-corrected chi connectivity index (χ3v) is 7.96. The van der Waals surface area contributed by atoms with Crippen LogP contribution in [-0.4, -0.2) is 84.1 Å². The Morgan fingerprint density at radius 3 is 2.08 bits per heavy atom. The number of benzene rings is 2. The molecule has 0 fully saturated rings. The molecule has 0 aliphatic carbocycles. The van der Waals surface area contributed by atoms with Gasteiger partial charge in [0.25, 0.3) is 0 Å². The van der Waals surface area contributed by atoms with Gasteiger partial charge in [0.05, 0.1) is 18.6 Å². The van der Waals surface area contributed by atoms with Crippen LogP contribution in [0.3, 0.4) is 0 Å². The summed E-state index contributed by atoms with van der Waals surface area (Å²) in [6.45, 7) is 8.23. The van der Waals surface area contributed by atoms with Crippen molar-refractivity contribution >= 4 is 29.8 Å². The average Bonchev–Trinajstić information content (AvgIpc) is 3.05. The lowest BCUT2D eigenvalue weighted by molar-refractivity contribution is -0.132. The molecule has 0 radical (unpaired) electrons. The van der Waals surface area contributed by atoms with Crippen molar-refractivity contribution in [3.63, 3.8) is 0 Å². The number of nitrogens with two attached hydrogens (primary N) is 1. The number of carbonyl (C=O) groups excluding carboxylic acids is 4. The van der Waals surface area contributed by atoms with E-state index in [0.717, 1.165) is 11.1 Å². The number of ether oxygens (including phenoxy) is 1. The topological polar surface area (TPSA) is 199 Å². The minimum atomic E-state index is -1.15. The molecule has 0 saturated heterocycles. The second-order valence-electron chi connectivity index (χ2n) is 13.0. The number of carbonyl (C=O) groups is 4. The number of hydrogen-bond acceptors (Lipinski definition) is 7. The molecule has 0 unspecified atom stereocenters. The summed E-state index contributed by atoms with van der Waals surface area (Å²) >= 11 is 0. The van der Waals surface area contributed by atoms with Crippen LogP contribution < -0.4 is 27.0 Å². The lowest BCUT2D eigenvalue weighted by atomic mass is 9.95. The summed E-state index contributed by atoms with van der Waals surface area (Å²) in [7, 11) is 1.65. The number of guanidine groups is 1. The number of alkyl carbamates (subject to hydrolysis) is 1. The lowest BCUT2D eigenvalue weighted by Crippen LogP contribution is -2.58. The van der Waals surface area contributed by atoms with Crippen LogP contribution in [0.1, 0.15) is 64.5 Å². The van der Waals surface area contributed by atoms with Gasteiger partial charge >= 0.3 is 6.09 Å².